The Kier molecular flexibility index (Phi) is 3.46. The molecule has 0 aromatic heterocycles. The monoisotopic (exact) mass is 263 g/mol. The zero-order valence-electron chi connectivity index (χ0n) is 10.8. The molecule has 1 amide bonds. The van der Waals surface area contributed by atoms with Crippen LogP contribution in [0.4, 0.5) is 0 Å². The molecule has 102 valence electrons. The molecule has 1 aromatic rings. The minimum absolute atomic E-state index is 0.192. The number of rotatable bonds is 5. The number of ether oxygens (including phenoxy) is 1. The molecule has 1 aliphatic heterocycles. The molecule has 0 saturated heterocycles. The highest BCUT2D eigenvalue weighted by molar-refractivity contribution is 6.00. The lowest BCUT2D eigenvalue weighted by atomic mass is 9.83. The Hall–Kier alpha value is -2.04. The summed E-state index contributed by atoms with van der Waals surface area (Å²) in [5.41, 5.74) is 5.80. The van der Waals surface area contributed by atoms with Gasteiger partial charge in [-0.25, -0.2) is 0 Å². The summed E-state index contributed by atoms with van der Waals surface area (Å²) < 4.78 is 5.41. The van der Waals surface area contributed by atoms with Crippen molar-refractivity contribution in [1.82, 2.24) is 0 Å². The molecular formula is C14H17NO4. The van der Waals surface area contributed by atoms with Crippen molar-refractivity contribution in [3.8, 4) is 5.75 Å². The first-order valence-corrected chi connectivity index (χ1v) is 6.21. The molecule has 19 heavy (non-hydrogen) atoms. The maximum absolute atomic E-state index is 11.3. The molecule has 1 unspecified atom stereocenters. The molecule has 1 aliphatic rings. The Morgan fingerprint density at radius 2 is 2.21 bits per heavy atom. The van der Waals surface area contributed by atoms with Gasteiger partial charge in [0.15, 0.2) is 0 Å². The van der Waals surface area contributed by atoms with Gasteiger partial charge in [0.25, 0.3) is 0 Å². The van der Waals surface area contributed by atoms with E-state index in [9.17, 15) is 9.59 Å². The number of carboxylic acid groups (broad SMARTS) is 1. The average Bonchev–Trinajstić information content (AvgIpc) is 2.82. The van der Waals surface area contributed by atoms with Crippen LogP contribution in [-0.2, 0) is 22.4 Å². The molecule has 5 nitrogen and oxygen atoms in total. The number of aryl methyl sites for hydroxylation is 1. The van der Waals surface area contributed by atoms with Gasteiger partial charge in [0.05, 0.1) is 6.61 Å². The maximum atomic E-state index is 11.3. The summed E-state index contributed by atoms with van der Waals surface area (Å²) in [6.45, 7) is 2.06. The van der Waals surface area contributed by atoms with E-state index in [1.807, 2.05) is 18.2 Å². The number of carbonyl (C=O) groups excluding carboxylic acids is 1. The van der Waals surface area contributed by atoms with Crippen LogP contribution in [0, 0.1) is 5.41 Å². The first kappa shape index (κ1) is 13.4. The Balaban J connectivity index is 2.10. The number of hydrogen-bond donors (Lipinski definition) is 2. The van der Waals surface area contributed by atoms with Gasteiger partial charge in [-0.3, -0.25) is 9.59 Å². The van der Waals surface area contributed by atoms with Gasteiger partial charge in [-0.15, -0.1) is 0 Å². The van der Waals surface area contributed by atoms with Crippen molar-refractivity contribution in [2.24, 2.45) is 11.1 Å². The molecule has 1 atom stereocenters. The van der Waals surface area contributed by atoms with Crippen molar-refractivity contribution in [3.05, 3.63) is 29.3 Å². The van der Waals surface area contributed by atoms with Crippen LogP contribution in [0.3, 0.4) is 0 Å². The second-order valence-electron chi connectivity index (χ2n) is 5.04. The third-order valence-corrected chi connectivity index (χ3v) is 3.68. The van der Waals surface area contributed by atoms with E-state index in [4.69, 9.17) is 15.6 Å². The quantitative estimate of drug-likeness (QED) is 0.779. The highest BCUT2D eigenvalue weighted by Crippen LogP contribution is 2.28. The zero-order valence-corrected chi connectivity index (χ0v) is 10.8. The van der Waals surface area contributed by atoms with E-state index in [-0.39, 0.29) is 6.42 Å². The van der Waals surface area contributed by atoms with Gasteiger partial charge in [-0.1, -0.05) is 12.1 Å². The topological polar surface area (TPSA) is 89.6 Å². The summed E-state index contributed by atoms with van der Waals surface area (Å²) in [5.74, 6) is -1.09. The van der Waals surface area contributed by atoms with Crippen LogP contribution in [0.25, 0.3) is 0 Å². The third kappa shape index (κ3) is 2.54. The number of aliphatic carboxylic acids is 1. The number of primary amides is 1. The lowest BCUT2D eigenvalue weighted by Gasteiger charge is -2.20. The Labute approximate surface area is 111 Å². The molecule has 3 N–H and O–H groups in total. The van der Waals surface area contributed by atoms with Gasteiger partial charge in [0, 0.05) is 6.42 Å². The minimum atomic E-state index is -1.52. The van der Waals surface area contributed by atoms with Crippen molar-refractivity contribution in [2.75, 3.05) is 6.61 Å². The lowest BCUT2D eigenvalue weighted by Crippen LogP contribution is -2.41. The summed E-state index contributed by atoms with van der Waals surface area (Å²) in [6.07, 6.45) is 1.56. The van der Waals surface area contributed by atoms with Crippen LogP contribution in [0.2, 0.25) is 0 Å². The van der Waals surface area contributed by atoms with E-state index in [0.29, 0.717) is 13.0 Å². The van der Waals surface area contributed by atoms with Crippen LogP contribution in [0.15, 0.2) is 18.2 Å². The van der Waals surface area contributed by atoms with Crippen LogP contribution < -0.4 is 10.5 Å². The molecule has 2 rings (SSSR count). The average molecular weight is 263 g/mol. The molecule has 0 aliphatic carbocycles. The molecular weight excluding hydrogens is 246 g/mol. The highest BCUT2D eigenvalue weighted by atomic mass is 16.5. The third-order valence-electron chi connectivity index (χ3n) is 3.68. The molecule has 0 bridgehead atoms. The number of benzene rings is 1. The van der Waals surface area contributed by atoms with Crippen molar-refractivity contribution < 1.29 is 19.4 Å². The number of carboxylic acids is 1. The lowest BCUT2D eigenvalue weighted by molar-refractivity contribution is -0.153. The van der Waals surface area contributed by atoms with E-state index in [1.54, 1.807) is 0 Å². The van der Waals surface area contributed by atoms with E-state index in [2.05, 4.69) is 0 Å². The summed E-state index contributed by atoms with van der Waals surface area (Å²) in [7, 11) is 0. The largest absolute Gasteiger partial charge is 0.493 e. The Morgan fingerprint density at radius 1 is 1.47 bits per heavy atom. The second kappa shape index (κ2) is 4.91. The predicted octanol–water partition coefficient (Wildman–Crippen LogP) is 1.13. The first-order chi connectivity index (χ1) is 8.93. The van der Waals surface area contributed by atoms with Crippen LogP contribution in [-0.4, -0.2) is 23.6 Å². The molecule has 1 heterocycles. The fourth-order valence-electron chi connectivity index (χ4n) is 2.13. The van der Waals surface area contributed by atoms with Crippen molar-refractivity contribution >= 4 is 11.9 Å². The van der Waals surface area contributed by atoms with Gasteiger partial charge in [0.2, 0.25) is 5.91 Å². The van der Waals surface area contributed by atoms with E-state index in [1.165, 1.54) is 6.92 Å². The van der Waals surface area contributed by atoms with Crippen molar-refractivity contribution in [2.45, 2.75) is 26.2 Å². The fourth-order valence-corrected chi connectivity index (χ4v) is 2.13. The number of carbonyl (C=O) groups is 2. The number of hydrogen-bond acceptors (Lipinski definition) is 3. The summed E-state index contributed by atoms with van der Waals surface area (Å²) in [5, 5.41) is 9.11. The van der Waals surface area contributed by atoms with Crippen molar-refractivity contribution in [3.63, 3.8) is 0 Å². The normalized spacial score (nSPS) is 16.3. The fraction of sp³-hybridized carbons (Fsp3) is 0.429. The van der Waals surface area contributed by atoms with Crippen molar-refractivity contribution in [1.29, 1.82) is 0 Å². The van der Waals surface area contributed by atoms with Crippen LogP contribution in [0.5, 0.6) is 5.75 Å². The van der Waals surface area contributed by atoms with Gasteiger partial charge in [-0.05, 0) is 37.0 Å². The maximum Gasteiger partial charge on any atom is 0.318 e. The first-order valence-electron chi connectivity index (χ1n) is 6.21. The molecule has 0 radical (unpaired) electrons. The summed E-state index contributed by atoms with van der Waals surface area (Å²) in [4.78, 5) is 22.4. The second-order valence-corrected chi connectivity index (χ2v) is 5.04. The number of amides is 1. The molecule has 0 spiro atoms. The van der Waals surface area contributed by atoms with E-state index < -0.39 is 17.3 Å². The highest BCUT2D eigenvalue weighted by Gasteiger charge is 2.39. The molecule has 1 aromatic carbocycles. The zero-order chi connectivity index (χ0) is 14.0. The van der Waals surface area contributed by atoms with E-state index in [0.717, 1.165) is 23.3 Å². The summed E-state index contributed by atoms with van der Waals surface area (Å²) in [6, 6.07) is 5.79. The molecule has 5 heteroatoms. The van der Waals surface area contributed by atoms with Gasteiger partial charge >= 0.3 is 5.97 Å². The standard InChI is InChI=1S/C14H17NO4/c1-14(12(15)16,13(17)18)6-4-9-2-3-11-10(8-9)5-7-19-11/h2-3,8H,4-7H2,1H3,(H2,15,16)(H,17,18). The summed E-state index contributed by atoms with van der Waals surface area (Å²) >= 11 is 0. The van der Waals surface area contributed by atoms with Gasteiger partial charge < -0.3 is 15.6 Å². The van der Waals surface area contributed by atoms with Crippen LogP contribution >= 0.6 is 0 Å². The van der Waals surface area contributed by atoms with Gasteiger partial charge in [0.1, 0.15) is 11.2 Å². The number of nitrogens with two attached hydrogens (primary N) is 1. The molecule has 0 fully saturated rings. The van der Waals surface area contributed by atoms with Crippen LogP contribution in [0.1, 0.15) is 24.5 Å². The molecule has 0 saturated carbocycles. The Morgan fingerprint density at radius 3 is 2.84 bits per heavy atom. The predicted molar refractivity (Wildman–Crippen MR) is 68.9 cm³/mol. The smallest absolute Gasteiger partial charge is 0.318 e. The SMILES string of the molecule is CC(CCc1ccc2c(c1)CCO2)(C(N)=O)C(=O)O. The Bertz CT molecular complexity index is 510. The number of fused-ring (bicyclic) bond motifs is 1. The minimum Gasteiger partial charge on any atom is -0.493 e. The van der Waals surface area contributed by atoms with Gasteiger partial charge in [-0.2, -0.15) is 0 Å². The van der Waals surface area contributed by atoms with E-state index >= 15 is 0 Å².